The summed E-state index contributed by atoms with van der Waals surface area (Å²) in [5, 5.41) is 0. The maximum atomic E-state index is 12.2. The zero-order valence-corrected chi connectivity index (χ0v) is 10.8. The van der Waals surface area contributed by atoms with E-state index in [0.717, 1.165) is 24.2 Å². The molecule has 0 radical (unpaired) electrons. The zero-order chi connectivity index (χ0) is 12.6. The molecule has 1 heterocycles. The van der Waals surface area contributed by atoms with Crippen LogP contribution in [-0.4, -0.2) is 22.8 Å². The van der Waals surface area contributed by atoms with Crippen LogP contribution in [0.1, 0.15) is 24.2 Å². The first-order valence-electron chi connectivity index (χ1n) is 5.56. The molecule has 0 bridgehead atoms. The van der Waals surface area contributed by atoms with Crippen molar-refractivity contribution in [2.75, 3.05) is 7.05 Å². The number of thiocarbonyl (C=S) groups is 1. The highest BCUT2D eigenvalue weighted by molar-refractivity contribution is 7.80. The lowest BCUT2D eigenvalue weighted by Gasteiger charge is -2.22. The van der Waals surface area contributed by atoms with Crippen molar-refractivity contribution in [3.05, 3.63) is 23.7 Å². The van der Waals surface area contributed by atoms with Gasteiger partial charge < -0.3 is 15.1 Å². The number of aryl methyl sites for hydroxylation is 1. The molecule has 2 rings (SSSR count). The highest BCUT2D eigenvalue weighted by Crippen LogP contribution is 2.47. The van der Waals surface area contributed by atoms with E-state index in [4.69, 9.17) is 22.4 Å². The van der Waals surface area contributed by atoms with E-state index in [-0.39, 0.29) is 5.91 Å². The summed E-state index contributed by atoms with van der Waals surface area (Å²) in [5.74, 6) is 0.857. The summed E-state index contributed by atoms with van der Waals surface area (Å²) in [4.78, 5) is 14.2. The van der Waals surface area contributed by atoms with Crippen LogP contribution in [0, 0.1) is 12.3 Å². The first kappa shape index (κ1) is 12.1. The van der Waals surface area contributed by atoms with Gasteiger partial charge in [0, 0.05) is 19.2 Å². The minimum absolute atomic E-state index is 0.0191. The lowest BCUT2D eigenvalue weighted by Crippen LogP contribution is -2.40. The number of nitrogens with zero attached hydrogens (tertiary/aromatic N) is 1. The number of nitrogens with two attached hydrogens (primary N) is 1. The van der Waals surface area contributed by atoms with Gasteiger partial charge in [0.1, 0.15) is 5.76 Å². The van der Waals surface area contributed by atoms with Gasteiger partial charge in [0.25, 0.3) is 0 Å². The molecule has 0 aliphatic heterocycles. The number of carbonyl (C=O) groups is 1. The molecule has 1 aromatic rings. The number of rotatable bonds is 4. The first-order valence-corrected chi connectivity index (χ1v) is 5.96. The van der Waals surface area contributed by atoms with Crippen LogP contribution in [0.5, 0.6) is 0 Å². The molecule has 1 aliphatic rings. The van der Waals surface area contributed by atoms with Crippen molar-refractivity contribution in [3.8, 4) is 0 Å². The molecule has 0 atom stereocenters. The molecule has 1 amide bonds. The van der Waals surface area contributed by atoms with Crippen LogP contribution in [0.2, 0.25) is 0 Å². The van der Waals surface area contributed by atoms with Crippen LogP contribution in [-0.2, 0) is 11.3 Å². The van der Waals surface area contributed by atoms with Gasteiger partial charge in [-0.2, -0.15) is 0 Å². The van der Waals surface area contributed by atoms with Gasteiger partial charge in [0.15, 0.2) is 0 Å². The van der Waals surface area contributed by atoms with Crippen LogP contribution in [0.15, 0.2) is 16.7 Å². The van der Waals surface area contributed by atoms with Gasteiger partial charge in [-0.3, -0.25) is 4.79 Å². The van der Waals surface area contributed by atoms with E-state index in [1.54, 1.807) is 18.2 Å². The molecular weight excluding hydrogens is 236 g/mol. The first-order chi connectivity index (χ1) is 7.97. The largest absolute Gasteiger partial charge is 0.469 e. The predicted octanol–water partition coefficient (Wildman–Crippen LogP) is 1.61. The summed E-state index contributed by atoms with van der Waals surface area (Å²) in [6.07, 6.45) is 3.18. The number of hydrogen-bond donors (Lipinski definition) is 1. The van der Waals surface area contributed by atoms with Crippen molar-refractivity contribution in [2.24, 2.45) is 11.1 Å². The van der Waals surface area contributed by atoms with Crippen LogP contribution in [0.25, 0.3) is 0 Å². The van der Waals surface area contributed by atoms with Gasteiger partial charge in [-0.05, 0) is 25.8 Å². The molecule has 92 valence electrons. The van der Waals surface area contributed by atoms with E-state index < -0.39 is 5.41 Å². The Labute approximate surface area is 106 Å². The van der Waals surface area contributed by atoms with E-state index in [1.165, 1.54) is 0 Å². The SMILES string of the molecule is Cc1occc1CN(C)C(=O)C1(C(N)=S)CC1. The summed E-state index contributed by atoms with van der Waals surface area (Å²) < 4.78 is 5.21. The van der Waals surface area contributed by atoms with E-state index in [1.807, 2.05) is 13.0 Å². The number of carbonyl (C=O) groups excluding carboxylic acids is 1. The fraction of sp³-hybridized carbons (Fsp3) is 0.500. The molecule has 0 unspecified atom stereocenters. The average Bonchev–Trinajstić information content (AvgIpc) is 3.00. The maximum Gasteiger partial charge on any atom is 0.235 e. The van der Waals surface area contributed by atoms with Crippen molar-refractivity contribution in [1.29, 1.82) is 0 Å². The fourth-order valence-corrected chi connectivity index (χ4v) is 2.25. The van der Waals surface area contributed by atoms with E-state index >= 15 is 0 Å². The Morgan fingerprint density at radius 3 is 2.71 bits per heavy atom. The maximum absolute atomic E-state index is 12.2. The summed E-state index contributed by atoms with van der Waals surface area (Å²) >= 11 is 4.98. The van der Waals surface area contributed by atoms with Gasteiger partial charge >= 0.3 is 0 Å². The molecule has 5 heteroatoms. The second-order valence-electron chi connectivity index (χ2n) is 4.61. The monoisotopic (exact) mass is 252 g/mol. The third-order valence-electron chi connectivity index (χ3n) is 3.35. The Balaban J connectivity index is 2.06. The average molecular weight is 252 g/mol. The van der Waals surface area contributed by atoms with Gasteiger partial charge in [0.05, 0.1) is 16.7 Å². The van der Waals surface area contributed by atoms with Crippen LogP contribution in [0.3, 0.4) is 0 Å². The second-order valence-corrected chi connectivity index (χ2v) is 5.05. The van der Waals surface area contributed by atoms with Gasteiger partial charge in [-0.15, -0.1) is 0 Å². The van der Waals surface area contributed by atoms with Crippen LogP contribution in [0.4, 0.5) is 0 Å². The molecule has 1 aromatic heterocycles. The zero-order valence-electron chi connectivity index (χ0n) is 10.0. The quantitative estimate of drug-likeness (QED) is 0.827. The highest BCUT2D eigenvalue weighted by Gasteiger charge is 2.53. The van der Waals surface area contributed by atoms with E-state index in [0.29, 0.717) is 11.5 Å². The minimum atomic E-state index is -0.568. The predicted molar refractivity (Wildman–Crippen MR) is 68.4 cm³/mol. The fourth-order valence-electron chi connectivity index (χ4n) is 1.96. The van der Waals surface area contributed by atoms with Crippen molar-refractivity contribution in [2.45, 2.75) is 26.3 Å². The molecule has 0 spiro atoms. The molecule has 2 N–H and O–H groups in total. The number of hydrogen-bond acceptors (Lipinski definition) is 3. The smallest absolute Gasteiger partial charge is 0.235 e. The molecular formula is C12H16N2O2S. The molecule has 4 nitrogen and oxygen atoms in total. The number of amides is 1. The second kappa shape index (κ2) is 4.14. The minimum Gasteiger partial charge on any atom is -0.469 e. The topological polar surface area (TPSA) is 59.5 Å². The Morgan fingerprint density at radius 2 is 2.29 bits per heavy atom. The van der Waals surface area contributed by atoms with Crippen molar-refractivity contribution < 1.29 is 9.21 Å². The van der Waals surface area contributed by atoms with E-state index in [9.17, 15) is 4.79 Å². The number of furan rings is 1. The van der Waals surface area contributed by atoms with Crippen molar-refractivity contribution in [3.63, 3.8) is 0 Å². The summed E-state index contributed by atoms with van der Waals surface area (Å²) in [5.41, 5.74) is 6.09. The molecule has 17 heavy (non-hydrogen) atoms. The normalized spacial score (nSPS) is 16.6. The van der Waals surface area contributed by atoms with Crippen molar-refractivity contribution >= 4 is 23.1 Å². The Bertz CT molecular complexity index is 463. The summed E-state index contributed by atoms with van der Waals surface area (Å²) in [6, 6.07) is 1.87. The standard InChI is InChI=1S/C12H16N2O2S/c1-8-9(3-6-16-8)7-14(2)11(15)12(4-5-12)10(13)17/h3,6H,4-5,7H2,1-2H3,(H2,13,17). The third kappa shape index (κ3) is 2.07. The summed E-state index contributed by atoms with van der Waals surface area (Å²) in [6.45, 7) is 2.42. The molecule has 1 saturated carbocycles. The lowest BCUT2D eigenvalue weighted by atomic mass is 10.1. The van der Waals surface area contributed by atoms with Crippen LogP contribution < -0.4 is 5.73 Å². The van der Waals surface area contributed by atoms with Gasteiger partial charge in [-0.1, -0.05) is 12.2 Å². The Morgan fingerprint density at radius 1 is 1.65 bits per heavy atom. The molecule has 0 aromatic carbocycles. The Hall–Kier alpha value is -1.36. The lowest BCUT2D eigenvalue weighted by molar-refractivity contribution is -0.133. The van der Waals surface area contributed by atoms with Gasteiger partial charge in [-0.25, -0.2) is 0 Å². The van der Waals surface area contributed by atoms with Crippen molar-refractivity contribution in [1.82, 2.24) is 4.90 Å². The molecule has 1 fully saturated rings. The molecule has 1 aliphatic carbocycles. The molecule has 0 saturated heterocycles. The highest BCUT2D eigenvalue weighted by atomic mass is 32.1. The van der Waals surface area contributed by atoms with Crippen LogP contribution >= 0.6 is 12.2 Å². The van der Waals surface area contributed by atoms with Gasteiger partial charge in [0.2, 0.25) is 5.91 Å². The van der Waals surface area contributed by atoms with E-state index in [2.05, 4.69) is 0 Å². The third-order valence-corrected chi connectivity index (χ3v) is 3.74. The Kier molecular flexibility index (Phi) is 2.95. The summed E-state index contributed by atoms with van der Waals surface area (Å²) in [7, 11) is 1.77.